The van der Waals surface area contributed by atoms with Crippen molar-refractivity contribution in [1.29, 1.82) is 0 Å². The molecule has 4 heteroatoms. The number of halogens is 1. The molecule has 1 N–H and O–H groups in total. The maximum absolute atomic E-state index is 11.2. The van der Waals surface area contributed by atoms with Crippen molar-refractivity contribution in [2.24, 2.45) is 0 Å². The average molecular weight is 271 g/mol. The molecule has 3 nitrogen and oxygen atoms in total. The van der Waals surface area contributed by atoms with Crippen LogP contribution in [0.3, 0.4) is 0 Å². The lowest BCUT2D eigenvalue weighted by Gasteiger charge is -2.05. The normalized spacial score (nSPS) is 10.0. The van der Waals surface area contributed by atoms with E-state index in [0.717, 1.165) is 11.1 Å². The van der Waals surface area contributed by atoms with Gasteiger partial charge in [0.05, 0.1) is 10.9 Å². The molecule has 80 valence electrons. The van der Waals surface area contributed by atoms with Crippen molar-refractivity contribution in [1.82, 2.24) is 0 Å². The Bertz CT molecular complexity index is 399. The number of Topliss-reactive ketones (excluding diaryl/α,β-unsaturated/α-hetero) is 1. The van der Waals surface area contributed by atoms with Crippen LogP contribution in [0.25, 0.3) is 0 Å². The second kappa shape index (κ2) is 5.07. The Balaban J connectivity index is 3.00. The van der Waals surface area contributed by atoms with Gasteiger partial charge in [0.1, 0.15) is 5.78 Å². The Labute approximate surface area is 96.2 Å². The van der Waals surface area contributed by atoms with E-state index in [4.69, 9.17) is 5.11 Å². The average Bonchev–Trinajstić information content (AvgIpc) is 2.20. The van der Waals surface area contributed by atoms with Crippen molar-refractivity contribution >= 4 is 27.7 Å². The van der Waals surface area contributed by atoms with Crippen LogP contribution in [0, 0.1) is 6.92 Å². The van der Waals surface area contributed by atoms with E-state index < -0.39 is 5.97 Å². The zero-order chi connectivity index (χ0) is 11.4. The Morgan fingerprint density at radius 3 is 2.60 bits per heavy atom. The zero-order valence-electron chi connectivity index (χ0n) is 8.29. The van der Waals surface area contributed by atoms with Crippen LogP contribution in [-0.4, -0.2) is 22.2 Å². The van der Waals surface area contributed by atoms with Gasteiger partial charge in [0.2, 0.25) is 0 Å². The molecular weight excluding hydrogens is 260 g/mol. The molecule has 0 aliphatic heterocycles. The molecule has 0 heterocycles. The minimum Gasteiger partial charge on any atom is -0.478 e. The molecule has 0 fully saturated rings. The van der Waals surface area contributed by atoms with E-state index in [1.165, 1.54) is 0 Å². The molecule has 0 saturated heterocycles. The summed E-state index contributed by atoms with van der Waals surface area (Å²) in [6.45, 7) is 1.86. The third-order valence-electron chi connectivity index (χ3n) is 2.13. The van der Waals surface area contributed by atoms with Crippen LogP contribution < -0.4 is 0 Å². The Kier molecular flexibility index (Phi) is 4.03. The highest BCUT2D eigenvalue weighted by atomic mass is 79.9. The Morgan fingerprint density at radius 1 is 1.40 bits per heavy atom. The highest BCUT2D eigenvalue weighted by Crippen LogP contribution is 2.12. The van der Waals surface area contributed by atoms with Gasteiger partial charge in [0.25, 0.3) is 0 Å². The number of carbonyl (C=O) groups excluding carboxylic acids is 1. The van der Waals surface area contributed by atoms with Crippen molar-refractivity contribution in [2.45, 2.75) is 13.3 Å². The number of carboxylic acid groups (broad SMARTS) is 1. The molecule has 0 amide bonds. The minimum absolute atomic E-state index is 0.0423. The summed E-state index contributed by atoms with van der Waals surface area (Å²) in [4.78, 5) is 21.9. The number of carbonyl (C=O) groups is 2. The molecule has 0 aliphatic rings. The van der Waals surface area contributed by atoms with Crippen LogP contribution in [0.15, 0.2) is 18.2 Å². The van der Waals surface area contributed by atoms with Crippen LogP contribution in [0.4, 0.5) is 0 Å². The molecule has 0 spiro atoms. The molecule has 0 bridgehead atoms. The van der Waals surface area contributed by atoms with Gasteiger partial charge < -0.3 is 5.11 Å². The van der Waals surface area contributed by atoms with Crippen LogP contribution in [-0.2, 0) is 11.2 Å². The summed E-state index contributed by atoms with van der Waals surface area (Å²) in [6, 6.07) is 4.82. The minimum atomic E-state index is -0.970. The van der Waals surface area contributed by atoms with Gasteiger partial charge in [0.15, 0.2) is 0 Å². The number of alkyl halides is 1. The topological polar surface area (TPSA) is 54.4 Å². The van der Waals surface area contributed by atoms with E-state index in [-0.39, 0.29) is 17.8 Å². The molecule has 0 aromatic heterocycles. The third-order valence-corrected chi connectivity index (χ3v) is 2.76. The number of aryl methyl sites for hydroxylation is 1. The van der Waals surface area contributed by atoms with E-state index in [2.05, 4.69) is 15.9 Å². The number of ketones is 1. The maximum atomic E-state index is 11.2. The number of rotatable bonds is 4. The molecular formula is C11H11BrO3. The largest absolute Gasteiger partial charge is 0.478 e. The first-order valence-electron chi connectivity index (χ1n) is 4.45. The fourth-order valence-corrected chi connectivity index (χ4v) is 1.45. The first kappa shape index (κ1) is 11.9. The van der Waals surface area contributed by atoms with Crippen LogP contribution in [0.5, 0.6) is 0 Å². The van der Waals surface area contributed by atoms with Gasteiger partial charge in [-0.15, -0.1) is 0 Å². The van der Waals surface area contributed by atoms with Crippen molar-refractivity contribution < 1.29 is 14.7 Å². The van der Waals surface area contributed by atoms with Crippen molar-refractivity contribution in [2.75, 3.05) is 5.33 Å². The highest BCUT2D eigenvalue weighted by Gasteiger charge is 2.08. The number of aromatic carboxylic acids is 1. The number of benzene rings is 1. The summed E-state index contributed by atoms with van der Waals surface area (Å²) >= 11 is 3.08. The van der Waals surface area contributed by atoms with E-state index >= 15 is 0 Å². The summed E-state index contributed by atoms with van der Waals surface area (Å²) < 4.78 is 0. The molecule has 1 aromatic rings. The predicted octanol–water partition coefficient (Wildman–Crippen LogP) is 2.20. The van der Waals surface area contributed by atoms with Crippen molar-refractivity contribution in [3.05, 3.63) is 34.9 Å². The van der Waals surface area contributed by atoms with E-state index in [1.54, 1.807) is 18.2 Å². The van der Waals surface area contributed by atoms with Crippen LogP contribution in [0.2, 0.25) is 0 Å². The van der Waals surface area contributed by atoms with Gasteiger partial charge in [0, 0.05) is 6.42 Å². The molecule has 1 aromatic carbocycles. The number of hydrogen-bond donors (Lipinski definition) is 1. The van der Waals surface area contributed by atoms with Gasteiger partial charge in [-0.25, -0.2) is 4.79 Å². The zero-order valence-corrected chi connectivity index (χ0v) is 9.87. The van der Waals surface area contributed by atoms with Gasteiger partial charge in [-0.1, -0.05) is 22.0 Å². The SMILES string of the molecule is Cc1ccc(C(=O)O)cc1CC(=O)CBr. The second-order valence-electron chi connectivity index (χ2n) is 3.30. The van der Waals surface area contributed by atoms with Gasteiger partial charge in [-0.3, -0.25) is 4.79 Å². The standard InChI is InChI=1S/C11H11BrO3/c1-7-2-3-8(11(14)15)4-9(7)5-10(13)6-12/h2-4H,5-6H2,1H3,(H,14,15). The molecule has 0 radical (unpaired) electrons. The van der Waals surface area contributed by atoms with Crippen molar-refractivity contribution in [3.8, 4) is 0 Å². The lowest BCUT2D eigenvalue weighted by Crippen LogP contribution is -2.06. The number of hydrogen-bond acceptors (Lipinski definition) is 2. The van der Waals surface area contributed by atoms with Crippen molar-refractivity contribution in [3.63, 3.8) is 0 Å². The fraction of sp³-hybridized carbons (Fsp3) is 0.273. The second-order valence-corrected chi connectivity index (χ2v) is 3.86. The summed E-state index contributed by atoms with van der Waals surface area (Å²) in [6.07, 6.45) is 0.276. The van der Waals surface area contributed by atoms with Gasteiger partial charge in [-0.2, -0.15) is 0 Å². The third kappa shape index (κ3) is 3.16. The van der Waals surface area contributed by atoms with Crippen LogP contribution >= 0.6 is 15.9 Å². The van der Waals surface area contributed by atoms with E-state index in [9.17, 15) is 9.59 Å². The smallest absolute Gasteiger partial charge is 0.335 e. The van der Waals surface area contributed by atoms with E-state index in [0.29, 0.717) is 5.33 Å². The van der Waals surface area contributed by atoms with Gasteiger partial charge >= 0.3 is 5.97 Å². The molecule has 0 aliphatic carbocycles. The summed E-state index contributed by atoms with van der Waals surface area (Å²) in [7, 11) is 0. The molecule has 0 unspecified atom stereocenters. The summed E-state index contributed by atoms with van der Waals surface area (Å²) in [5.41, 5.74) is 1.94. The quantitative estimate of drug-likeness (QED) is 0.854. The maximum Gasteiger partial charge on any atom is 0.335 e. The van der Waals surface area contributed by atoms with Gasteiger partial charge in [-0.05, 0) is 30.2 Å². The lowest BCUT2D eigenvalue weighted by molar-refractivity contribution is -0.115. The molecule has 15 heavy (non-hydrogen) atoms. The highest BCUT2D eigenvalue weighted by molar-refractivity contribution is 9.09. The molecule has 1 rings (SSSR count). The Hall–Kier alpha value is -1.16. The first-order valence-corrected chi connectivity index (χ1v) is 5.57. The first-order chi connectivity index (χ1) is 7.04. The lowest BCUT2D eigenvalue weighted by atomic mass is 10.0. The monoisotopic (exact) mass is 270 g/mol. The predicted molar refractivity (Wildman–Crippen MR) is 60.6 cm³/mol. The molecule has 0 atom stereocenters. The summed E-state index contributed by atoms with van der Waals surface area (Å²) in [5.74, 6) is -0.928. The van der Waals surface area contributed by atoms with Crippen LogP contribution in [0.1, 0.15) is 21.5 Å². The summed E-state index contributed by atoms with van der Waals surface area (Å²) in [5, 5.41) is 9.09. The Morgan fingerprint density at radius 2 is 2.07 bits per heavy atom. The fourth-order valence-electron chi connectivity index (χ4n) is 1.25. The number of carboxylic acids is 1. The molecule has 0 saturated carbocycles. The van der Waals surface area contributed by atoms with E-state index in [1.807, 2.05) is 6.92 Å².